The van der Waals surface area contributed by atoms with Crippen LogP contribution < -0.4 is 5.73 Å². The first-order chi connectivity index (χ1) is 7.11. The van der Waals surface area contributed by atoms with E-state index in [-0.39, 0.29) is 5.78 Å². The van der Waals surface area contributed by atoms with Gasteiger partial charge >= 0.3 is 0 Å². The Morgan fingerprint density at radius 1 is 1.33 bits per heavy atom. The molecule has 2 N–H and O–H groups in total. The standard InChI is InChI=1S/C13H15NO/c1-8-7-12(15)13(9(8)2)10-5-3-4-6-11(10)14/h3-6,8H,7,14H2,1-2H3. The van der Waals surface area contributed by atoms with Gasteiger partial charge in [-0.05, 0) is 18.9 Å². The van der Waals surface area contributed by atoms with Gasteiger partial charge in [-0.15, -0.1) is 0 Å². The van der Waals surface area contributed by atoms with Gasteiger partial charge in [-0.3, -0.25) is 4.79 Å². The van der Waals surface area contributed by atoms with Gasteiger partial charge in [-0.25, -0.2) is 0 Å². The molecule has 1 aromatic rings. The van der Waals surface area contributed by atoms with Crippen LogP contribution in [-0.2, 0) is 4.79 Å². The summed E-state index contributed by atoms with van der Waals surface area (Å²) in [5.41, 5.74) is 9.46. The number of hydrogen-bond donors (Lipinski definition) is 1. The minimum absolute atomic E-state index is 0.220. The lowest BCUT2D eigenvalue weighted by Crippen LogP contribution is -1.99. The van der Waals surface area contributed by atoms with Crippen molar-refractivity contribution < 1.29 is 4.79 Å². The first-order valence-electron chi connectivity index (χ1n) is 5.20. The quantitative estimate of drug-likeness (QED) is 0.710. The highest BCUT2D eigenvalue weighted by molar-refractivity contribution is 6.25. The van der Waals surface area contributed by atoms with Crippen LogP contribution in [0, 0.1) is 5.92 Å². The molecule has 1 aliphatic carbocycles. The van der Waals surface area contributed by atoms with Crippen LogP contribution in [0.3, 0.4) is 0 Å². The lowest BCUT2D eigenvalue weighted by Gasteiger charge is -2.07. The highest BCUT2D eigenvalue weighted by Gasteiger charge is 2.28. The SMILES string of the molecule is CC1=C(c2ccccc2N)C(=O)CC1C. The lowest BCUT2D eigenvalue weighted by atomic mass is 9.99. The fourth-order valence-electron chi connectivity index (χ4n) is 2.09. The van der Waals surface area contributed by atoms with Gasteiger partial charge in [0.25, 0.3) is 0 Å². The largest absolute Gasteiger partial charge is 0.398 e. The molecule has 78 valence electrons. The summed E-state index contributed by atoms with van der Waals surface area (Å²) in [7, 11) is 0. The van der Waals surface area contributed by atoms with E-state index in [1.165, 1.54) is 0 Å². The molecular weight excluding hydrogens is 186 g/mol. The molecule has 0 aliphatic heterocycles. The molecule has 0 saturated carbocycles. The van der Waals surface area contributed by atoms with Crippen molar-refractivity contribution in [2.24, 2.45) is 5.92 Å². The number of carbonyl (C=O) groups is 1. The van der Waals surface area contributed by atoms with Gasteiger partial charge in [-0.2, -0.15) is 0 Å². The molecule has 0 radical (unpaired) electrons. The van der Waals surface area contributed by atoms with E-state index in [0.717, 1.165) is 16.7 Å². The number of nitrogens with two attached hydrogens (primary N) is 1. The first kappa shape index (κ1) is 9.97. The Balaban J connectivity index is 2.57. The fourth-order valence-corrected chi connectivity index (χ4v) is 2.09. The number of rotatable bonds is 1. The number of para-hydroxylation sites is 1. The molecule has 0 fully saturated rings. The smallest absolute Gasteiger partial charge is 0.164 e. The summed E-state index contributed by atoms with van der Waals surface area (Å²) in [6, 6.07) is 7.57. The highest BCUT2D eigenvalue weighted by Crippen LogP contribution is 2.36. The average molecular weight is 201 g/mol. The summed E-state index contributed by atoms with van der Waals surface area (Å²) in [6.07, 6.45) is 0.621. The second-order valence-corrected chi connectivity index (χ2v) is 4.17. The summed E-state index contributed by atoms with van der Waals surface area (Å²) >= 11 is 0. The second kappa shape index (κ2) is 3.54. The molecule has 0 bridgehead atoms. The first-order valence-corrected chi connectivity index (χ1v) is 5.20. The van der Waals surface area contributed by atoms with Crippen molar-refractivity contribution in [2.75, 3.05) is 5.73 Å². The van der Waals surface area contributed by atoms with Gasteiger partial charge in [0.15, 0.2) is 5.78 Å². The molecule has 0 heterocycles. The maximum Gasteiger partial charge on any atom is 0.164 e. The van der Waals surface area contributed by atoms with Gasteiger partial charge < -0.3 is 5.73 Å². The molecule has 1 atom stereocenters. The van der Waals surface area contributed by atoms with Crippen LogP contribution in [0.2, 0.25) is 0 Å². The topological polar surface area (TPSA) is 43.1 Å². The molecule has 0 saturated heterocycles. The predicted octanol–water partition coefficient (Wildman–Crippen LogP) is 2.65. The van der Waals surface area contributed by atoms with Crippen LogP contribution in [0.4, 0.5) is 5.69 Å². The molecule has 1 aromatic carbocycles. The van der Waals surface area contributed by atoms with E-state index in [2.05, 4.69) is 6.92 Å². The molecular formula is C13H15NO. The van der Waals surface area contributed by atoms with Gasteiger partial charge in [0.1, 0.15) is 0 Å². The van der Waals surface area contributed by atoms with Crippen LogP contribution in [0.5, 0.6) is 0 Å². The summed E-state index contributed by atoms with van der Waals surface area (Å²) in [6.45, 7) is 4.11. The van der Waals surface area contributed by atoms with E-state index < -0.39 is 0 Å². The van der Waals surface area contributed by atoms with Crippen LogP contribution in [-0.4, -0.2) is 5.78 Å². The van der Waals surface area contributed by atoms with Gasteiger partial charge in [0.2, 0.25) is 0 Å². The fraction of sp³-hybridized carbons (Fsp3) is 0.308. The number of allylic oxidation sites excluding steroid dienone is 2. The number of Topliss-reactive ketones (excluding diaryl/α,β-unsaturated/α-hetero) is 1. The molecule has 15 heavy (non-hydrogen) atoms. The van der Waals surface area contributed by atoms with E-state index >= 15 is 0 Å². The Bertz CT molecular complexity index is 446. The highest BCUT2D eigenvalue weighted by atomic mass is 16.1. The van der Waals surface area contributed by atoms with E-state index in [0.29, 0.717) is 18.0 Å². The van der Waals surface area contributed by atoms with Crippen molar-refractivity contribution in [1.82, 2.24) is 0 Å². The van der Waals surface area contributed by atoms with Crippen molar-refractivity contribution in [3.8, 4) is 0 Å². The third-order valence-electron chi connectivity index (χ3n) is 3.13. The normalized spacial score (nSPS) is 21.2. The Morgan fingerprint density at radius 3 is 2.53 bits per heavy atom. The van der Waals surface area contributed by atoms with E-state index in [9.17, 15) is 4.79 Å². The molecule has 2 nitrogen and oxygen atoms in total. The Hall–Kier alpha value is -1.57. The molecule has 1 unspecified atom stereocenters. The van der Waals surface area contributed by atoms with E-state index in [1.807, 2.05) is 31.2 Å². The third kappa shape index (κ3) is 1.56. The van der Waals surface area contributed by atoms with Crippen molar-refractivity contribution >= 4 is 17.0 Å². The van der Waals surface area contributed by atoms with E-state index in [4.69, 9.17) is 5.73 Å². The van der Waals surface area contributed by atoms with Crippen molar-refractivity contribution in [3.05, 3.63) is 35.4 Å². The summed E-state index contributed by atoms with van der Waals surface area (Å²) in [5, 5.41) is 0. The molecule has 0 amide bonds. The molecule has 2 rings (SSSR count). The average Bonchev–Trinajstić information content (AvgIpc) is 2.43. The number of hydrogen-bond acceptors (Lipinski definition) is 2. The zero-order chi connectivity index (χ0) is 11.0. The summed E-state index contributed by atoms with van der Waals surface area (Å²) in [5.74, 6) is 0.574. The number of ketones is 1. The maximum absolute atomic E-state index is 11.8. The van der Waals surface area contributed by atoms with Crippen LogP contribution in [0.25, 0.3) is 5.57 Å². The van der Waals surface area contributed by atoms with Gasteiger partial charge in [-0.1, -0.05) is 30.7 Å². The zero-order valence-electron chi connectivity index (χ0n) is 9.08. The number of benzene rings is 1. The van der Waals surface area contributed by atoms with Crippen molar-refractivity contribution in [3.63, 3.8) is 0 Å². The number of carbonyl (C=O) groups excluding carboxylic acids is 1. The number of nitrogen functional groups attached to an aromatic ring is 1. The predicted molar refractivity (Wildman–Crippen MR) is 62.2 cm³/mol. The van der Waals surface area contributed by atoms with Crippen molar-refractivity contribution in [1.29, 1.82) is 0 Å². The minimum atomic E-state index is 0.220. The minimum Gasteiger partial charge on any atom is -0.398 e. The van der Waals surface area contributed by atoms with Crippen molar-refractivity contribution in [2.45, 2.75) is 20.3 Å². The summed E-state index contributed by atoms with van der Waals surface area (Å²) < 4.78 is 0. The molecule has 2 heteroatoms. The second-order valence-electron chi connectivity index (χ2n) is 4.17. The Morgan fingerprint density at radius 2 is 2.00 bits per heavy atom. The Kier molecular flexibility index (Phi) is 2.35. The van der Waals surface area contributed by atoms with Crippen LogP contribution >= 0.6 is 0 Å². The number of anilines is 1. The van der Waals surface area contributed by atoms with Crippen LogP contribution in [0.1, 0.15) is 25.8 Å². The third-order valence-corrected chi connectivity index (χ3v) is 3.13. The lowest BCUT2D eigenvalue weighted by molar-refractivity contribution is -0.113. The summed E-state index contributed by atoms with van der Waals surface area (Å²) in [4.78, 5) is 11.8. The monoisotopic (exact) mass is 201 g/mol. The van der Waals surface area contributed by atoms with E-state index in [1.54, 1.807) is 0 Å². The molecule has 1 aliphatic rings. The molecule has 0 spiro atoms. The van der Waals surface area contributed by atoms with Gasteiger partial charge in [0, 0.05) is 23.2 Å². The maximum atomic E-state index is 11.8. The molecule has 0 aromatic heterocycles. The Labute approximate surface area is 89.8 Å². The van der Waals surface area contributed by atoms with Crippen LogP contribution in [0.15, 0.2) is 29.8 Å². The van der Waals surface area contributed by atoms with Gasteiger partial charge in [0.05, 0.1) is 0 Å². The zero-order valence-corrected chi connectivity index (χ0v) is 9.08.